The first-order valence-corrected chi connectivity index (χ1v) is 10.4. The van der Waals surface area contributed by atoms with Crippen molar-refractivity contribution in [3.63, 3.8) is 0 Å². The van der Waals surface area contributed by atoms with Crippen molar-refractivity contribution in [2.45, 2.75) is 18.2 Å². The molecule has 1 saturated heterocycles. The zero-order chi connectivity index (χ0) is 19.6. The van der Waals surface area contributed by atoms with Gasteiger partial charge in [0.1, 0.15) is 0 Å². The van der Waals surface area contributed by atoms with Gasteiger partial charge in [-0.15, -0.1) is 12.4 Å². The molecule has 0 radical (unpaired) electrons. The summed E-state index contributed by atoms with van der Waals surface area (Å²) < 4.78 is 27.2. The predicted molar refractivity (Wildman–Crippen MR) is 114 cm³/mol. The number of anilines is 1. The van der Waals surface area contributed by atoms with Crippen LogP contribution in [0.3, 0.4) is 0 Å². The normalized spacial score (nSPS) is 16.5. The highest BCUT2D eigenvalue weighted by atomic mass is 35.5. The van der Waals surface area contributed by atoms with Crippen LogP contribution in [-0.2, 0) is 10.0 Å². The molecule has 28 heavy (non-hydrogen) atoms. The molecule has 1 amide bonds. The number of carbonyl (C=O) groups excluding carboxylic acids is 1. The fourth-order valence-corrected chi connectivity index (χ4v) is 4.48. The Hall–Kier alpha value is -2.09. The summed E-state index contributed by atoms with van der Waals surface area (Å²) in [7, 11) is -2.24. The Labute approximate surface area is 172 Å². The smallest absolute Gasteiger partial charge is 0.264 e. The molecule has 0 bridgehead atoms. The first kappa shape index (κ1) is 22.2. The molecule has 1 unspecified atom stereocenters. The molecule has 1 atom stereocenters. The molecule has 2 aromatic rings. The quantitative estimate of drug-likeness (QED) is 0.801. The van der Waals surface area contributed by atoms with Gasteiger partial charge in [0.2, 0.25) is 0 Å². The summed E-state index contributed by atoms with van der Waals surface area (Å²) in [6.45, 7) is 3.77. The van der Waals surface area contributed by atoms with Crippen LogP contribution in [0.2, 0.25) is 0 Å². The average Bonchev–Trinajstić information content (AvgIpc) is 3.17. The van der Waals surface area contributed by atoms with E-state index in [4.69, 9.17) is 5.73 Å². The van der Waals surface area contributed by atoms with Crippen LogP contribution in [-0.4, -0.2) is 45.9 Å². The van der Waals surface area contributed by atoms with Crippen molar-refractivity contribution in [2.24, 2.45) is 11.7 Å². The molecule has 0 spiro atoms. The van der Waals surface area contributed by atoms with Gasteiger partial charge in [0.15, 0.2) is 0 Å². The minimum absolute atomic E-state index is 0. The van der Waals surface area contributed by atoms with Gasteiger partial charge in [-0.25, -0.2) is 8.42 Å². The monoisotopic (exact) mass is 423 g/mol. The van der Waals surface area contributed by atoms with Crippen LogP contribution in [0.4, 0.5) is 5.69 Å². The topological polar surface area (TPSA) is 83.7 Å². The van der Waals surface area contributed by atoms with E-state index in [-0.39, 0.29) is 23.2 Å². The van der Waals surface area contributed by atoms with Crippen molar-refractivity contribution in [1.82, 2.24) is 4.90 Å². The van der Waals surface area contributed by atoms with Gasteiger partial charge < -0.3 is 10.6 Å². The molecule has 1 aliphatic rings. The van der Waals surface area contributed by atoms with E-state index in [0.717, 1.165) is 12.0 Å². The summed E-state index contributed by atoms with van der Waals surface area (Å²) >= 11 is 0. The van der Waals surface area contributed by atoms with Crippen molar-refractivity contribution in [1.29, 1.82) is 0 Å². The fraction of sp³-hybridized carbons (Fsp3) is 0.350. The van der Waals surface area contributed by atoms with E-state index >= 15 is 0 Å². The van der Waals surface area contributed by atoms with Gasteiger partial charge in [0, 0.05) is 25.7 Å². The number of likely N-dealkylation sites (tertiary alicyclic amines) is 1. The van der Waals surface area contributed by atoms with Crippen molar-refractivity contribution in [3.8, 4) is 0 Å². The van der Waals surface area contributed by atoms with E-state index in [2.05, 4.69) is 0 Å². The maximum Gasteiger partial charge on any atom is 0.264 e. The van der Waals surface area contributed by atoms with Crippen LogP contribution in [0.25, 0.3) is 0 Å². The Balaban J connectivity index is 0.00000280. The third-order valence-electron chi connectivity index (χ3n) is 5.04. The number of nitrogens with two attached hydrogens (primary N) is 1. The van der Waals surface area contributed by atoms with E-state index in [1.54, 1.807) is 29.2 Å². The molecule has 2 aromatic carbocycles. The molecule has 3 rings (SSSR count). The summed E-state index contributed by atoms with van der Waals surface area (Å²) in [5, 5.41) is 0. The van der Waals surface area contributed by atoms with Gasteiger partial charge in [0.05, 0.1) is 10.6 Å². The largest absolute Gasteiger partial charge is 0.338 e. The fourth-order valence-electron chi connectivity index (χ4n) is 3.23. The van der Waals surface area contributed by atoms with Crippen molar-refractivity contribution < 1.29 is 13.2 Å². The second kappa shape index (κ2) is 8.94. The summed E-state index contributed by atoms with van der Waals surface area (Å²) in [6, 6.07) is 13.5. The lowest BCUT2D eigenvalue weighted by atomic mass is 10.1. The molecular weight excluding hydrogens is 398 g/mol. The second-order valence-electron chi connectivity index (χ2n) is 6.98. The van der Waals surface area contributed by atoms with Crippen LogP contribution in [0.1, 0.15) is 22.3 Å². The van der Waals surface area contributed by atoms with E-state index < -0.39 is 10.0 Å². The number of rotatable bonds is 5. The molecule has 0 aliphatic carbocycles. The minimum atomic E-state index is -3.76. The highest BCUT2D eigenvalue weighted by Crippen LogP contribution is 2.24. The maximum absolute atomic E-state index is 13.0. The van der Waals surface area contributed by atoms with Crippen molar-refractivity contribution >= 4 is 34.0 Å². The number of hydrogen-bond acceptors (Lipinski definition) is 4. The summed E-state index contributed by atoms with van der Waals surface area (Å²) in [6.07, 6.45) is 0.885. The zero-order valence-corrected chi connectivity index (χ0v) is 17.7. The number of sulfonamides is 1. The van der Waals surface area contributed by atoms with E-state index in [0.29, 0.717) is 36.8 Å². The third-order valence-corrected chi connectivity index (χ3v) is 6.82. The summed E-state index contributed by atoms with van der Waals surface area (Å²) in [5.41, 5.74) is 7.70. The Morgan fingerprint density at radius 1 is 1.21 bits per heavy atom. The SMILES string of the molecule is Cc1ccc(N(C)S(=O)(=O)c2cccc(C(=O)N3CCC(CN)C3)c2)cc1.Cl. The number of nitrogens with zero attached hydrogens (tertiary/aromatic N) is 2. The van der Waals surface area contributed by atoms with Crippen LogP contribution in [0.5, 0.6) is 0 Å². The number of benzene rings is 2. The Kier molecular flexibility index (Phi) is 7.09. The zero-order valence-electron chi connectivity index (χ0n) is 16.0. The predicted octanol–water partition coefficient (Wildman–Crippen LogP) is 2.66. The Bertz CT molecular complexity index is 932. The summed E-state index contributed by atoms with van der Waals surface area (Å²) in [4.78, 5) is 14.6. The van der Waals surface area contributed by atoms with Crippen LogP contribution in [0, 0.1) is 12.8 Å². The number of aryl methyl sites for hydroxylation is 1. The molecule has 152 valence electrons. The molecular formula is C20H26ClN3O3S. The highest BCUT2D eigenvalue weighted by molar-refractivity contribution is 7.92. The van der Waals surface area contributed by atoms with Gasteiger partial charge in [-0.1, -0.05) is 23.8 Å². The van der Waals surface area contributed by atoms with Gasteiger partial charge in [-0.05, 0) is 56.1 Å². The average molecular weight is 424 g/mol. The van der Waals surface area contributed by atoms with E-state index in [9.17, 15) is 13.2 Å². The van der Waals surface area contributed by atoms with Gasteiger partial charge >= 0.3 is 0 Å². The van der Waals surface area contributed by atoms with Crippen LogP contribution in [0.15, 0.2) is 53.4 Å². The Morgan fingerprint density at radius 2 is 1.89 bits per heavy atom. The van der Waals surface area contributed by atoms with Gasteiger partial charge in [0.25, 0.3) is 15.9 Å². The summed E-state index contributed by atoms with van der Waals surface area (Å²) in [5.74, 6) is 0.162. The highest BCUT2D eigenvalue weighted by Gasteiger charge is 2.27. The molecule has 1 aliphatic heterocycles. The van der Waals surface area contributed by atoms with Crippen molar-refractivity contribution in [3.05, 3.63) is 59.7 Å². The maximum atomic E-state index is 13.0. The molecule has 0 saturated carbocycles. The van der Waals surface area contributed by atoms with Crippen molar-refractivity contribution in [2.75, 3.05) is 31.0 Å². The van der Waals surface area contributed by atoms with Crippen LogP contribution >= 0.6 is 12.4 Å². The number of carbonyl (C=O) groups is 1. The lowest BCUT2D eigenvalue weighted by Gasteiger charge is -2.21. The van der Waals surface area contributed by atoms with Gasteiger partial charge in [-0.3, -0.25) is 9.10 Å². The first-order chi connectivity index (χ1) is 12.8. The molecule has 6 nitrogen and oxygen atoms in total. The third kappa shape index (κ3) is 4.48. The van der Waals surface area contributed by atoms with Crippen LogP contribution < -0.4 is 10.0 Å². The standard InChI is InChI=1S/C20H25N3O3S.ClH/c1-15-6-8-18(9-7-15)22(2)27(25,26)19-5-3-4-17(12-19)20(24)23-11-10-16(13-21)14-23;/h3-9,12,16H,10-11,13-14,21H2,1-2H3;1H. The Morgan fingerprint density at radius 3 is 2.50 bits per heavy atom. The minimum Gasteiger partial charge on any atom is -0.338 e. The first-order valence-electron chi connectivity index (χ1n) is 8.98. The number of hydrogen-bond donors (Lipinski definition) is 1. The number of halogens is 1. The molecule has 1 fully saturated rings. The second-order valence-corrected chi connectivity index (χ2v) is 8.95. The lowest BCUT2D eigenvalue weighted by molar-refractivity contribution is 0.0787. The van der Waals surface area contributed by atoms with Gasteiger partial charge in [-0.2, -0.15) is 0 Å². The van der Waals surface area contributed by atoms with E-state index in [1.165, 1.54) is 23.5 Å². The van der Waals surface area contributed by atoms with E-state index in [1.807, 2.05) is 19.1 Å². The molecule has 8 heteroatoms. The molecule has 0 aromatic heterocycles. The lowest BCUT2D eigenvalue weighted by Crippen LogP contribution is -2.30. The molecule has 2 N–H and O–H groups in total. The number of amides is 1. The molecule has 1 heterocycles.